The molecule has 0 aromatic rings. The van der Waals surface area contributed by atoms with Crippen LogP contribution in [0, 0.1) is 0 Å². The van der Waals surface area contributed by atoms with E-state index in [0.29, 0.717) is 19.8 Å². The highest BCUT2D eigenvalue weighted by molar-refractivity contribution is 5.85. The number of carbonyl (C=O) groups is 2. The van der Waals surface area contributed by atoms with Crippen LogP contribution in [0.1, 0.15) is 12.8 Å². The van der Waals surface area contributed by atoms with Crippen LogP contribution in [0.4, 0.5) is 4.79 Å². The maximum absolute atomic E-state index is 12.2. The summed E-state index contributed by atoms with van der Waals surface area (Å²) in [5.41, 5.74) is 0. The number of nitrogens with one attached hydrogen (secondary N) is 2. The topological polar surface area (TPSA) is 73.9 Å². The molecule has 3 fully saturated rings. The summed E-state index contributed by atoms with van der Waals surface area (Å²) in [5, 5.41) is 6.28. The van der Waals surface area contributed by atoms with E-state index < -0.39 is 0 Å². The van der Waals surface area contributed by atoms with Crippen LogP contribution in [-0.4, -0.2) is 79.8 Å². The Morgan fingerprint density at radius 2 is 2.20 bits per heavy atom. The molecule has 1 unspecified atom stereocenters. The number of hydrogen-bond acceptors (Lipinski definition) is 4. The third-order valence-electron chi connectivity index (χ3n) is 4.22. The van der Waals surface area contributed by atoms with Gasteiger partial charge in [0.1, 0.15) is 6.54 Å². The summed E-state index contributed by atoms with van der Waals surface area (Å²) >= 11 is 0. The van der Waals surface area contributed by atoms with Crippen molar-refractivity contribution in [1.82, 2.24) is 20.4 Å². The Hall–Kier alpha value is -1.34. The van der Waals surface area contributed by atoms with Crippen LogP contribution in [0.3, 0.4) is 0 Å². The van der Waals surface area contributed by atoms with Crippen molar-refractivity contribution in [3.8, 4) is 0 Å². The van der Waals surface area contributed by atoms with Crippen LogP contribution in [0.15, 0.2) is 0 Å². The second-order valence-corrected chi connectivity index (χ2v) is 5.67. The molecule has 3 aliphatic rings. The van der Waals surface area contributed by atoms with Gasteiger partial charge in [-0.05, 0) is 12.8 Å². The number of rotatable bonds is 3. The number of amides is 3. The van der Waals surface area contributed by atoms with Gasteiger partial charge in [0.15, 0.2) is 0 Å². The minimum atomic E-state index is -0.0574. The summed E-state index contributed by atoms with van der Waals surface area (Å²) in [5.74, 6) is -0.0574. The Morgan fingerprint density at radius 1 is 1.40 bits per heavy atom. The van der Waals surface area contributed by atoms with E-state index in [1.54, 1.807) is 4.90 Å². The standard InChI is InChI=1S/C13H22N4O3/c18-12(15-10-1-5-20-6-2-10)9-16-8-11-7-14-3-4-17(11)13(16)19/h10-11,14H,1-9H2,(H,15,18). The molecule has 7 nitrogen and oxygen atoms in total. The number of carbonyl (C=O) groups excluding carboxylic acids is 2. The smallest absolute Gasteiger partial charge is 0.320 e. The first-order valence-corrected chi connectivity index (χ1v) is 7.37. The molecule has 1 atom stereocenters. The fraction of sp³-hybridized carbons (Fsp3) is 0.846. The van der Waals surface area contributed by atoms with Crippen molar-refractivity contribution < 1.29 is 14.3 Å². The molecule has 20 heavy (non-hydrogen) atoms. The van der Waals surface area contributed by atoms with Crippen LogP contribution >= 0.6 is 0 Å². The number of hydrogen-bond donors (Lipinski definition) is 2. The van der Waals surface area contributed by atoms with Crippen molar-refractivity contribution in [2.45, 2.75) is 24.9 Å². The molecular formula is C13H22N4O3. The summed E-state index contributed by atoms with van der Waals surface area (Å²) in [6, 6.07) is 0.406. The lowest BCUT2D eigenvalue weighted by Crippen LogP contribution is -2.50. The minimum absolute atomic E-state index is 0.00127. The first-order chi connectivity index (χ1) is 9.74. The molecule has 0 bridgehead atoms. The highest BCUT2D eigenvalue weighted by Gasteiger charge is 2.39. The molecular weight excluding hydrogens is 260 g/mol. The Balaban J connectivity index is 1.49. The molecule has 2 N–H and O–H groups in total. The first kappa shape index (κ1) is 13.6. The van der Waals surface area contributed by atoms with Crippen molar-refractivity contribution in [1.29, 1.82) is 0 Å². The second kappa shape index (κ2) is 5.97. The SMILES string of the molecule is O=C(CN1CC2CNCCN2C1=O)NC1CCOCC1. The molecule has 3 saturated heterocycles. The van der Waals surface area contributed by atoms with Gasteiger partial charge in [-0.3, -0.25) is 4.79 Å². The van der Waals surface area contributed by atoms with Crippen molar-refractivity contribution in [2.24, 2.45) is 0 Å². The van der Waals surface area contributed by atoms with Gasteiger partial charge >= 0.3 is 6.03 Å². The molecule has 0 radical (unpaired) electrons. The van der Waals surface area contributed by atoms with Crippen molar-refractivity contribution in [3.05, 3.63) is 0 Å². The largest absolute Gasteiger partial charge is 0.381 e. The summed E-state index contributed by atoms with van der Waals surface area (Å²) in [7, 11) is 0. The van der Waals surface area contributed by atoms with Gasteiger partial charge in [-0.15, -0.1) is 0 Å². The predicted octanol–water partition coefficient (Wildman–Crippen LogP) is -1.01. The fourth-order valence-electron chi connectivity index (χ4n) is 3.11. The highest BCUT2D eigenvalue weighted by Crippen LogP contribution is 2.17. The van der Waals surface area contributed by atoms with Gasteiger partial charge in [0.2, 0.25) is 5.91 Å². The molecule has 3 aliphatic heterocycles. The molecule has 3 rings (SSSR count). The monoisotopic (exact) mass is 282 g/mol. The number of ether oxygens (including phenoxy) is 1. The molecule has 3 amide bonds. The van der Waals surface area contributed by atoms with E-state index >= 15 is 0 Å². The normalized spacial score (nSPS) is 27.6. The van der Waals surface area contributed by atoms with Gasteiger partial charge in [-0.1, -0.05) is 0 Å². The third-order valence-corrected chi connectivity index (χ3v) is 4.22. The fourth-order valence-corrected chi connectivity index (χ4v) is 3.11. The lowest BCUT2D eigenvalue weighted by Gasteiger charge is -2.28. The molecule has 7 heteroatoms. The van der Waals surface area contributed by atoms with Gasteiger partial charge in [-0.2, -0.15) is 0 Å². The Morgan fingerprint density at radius 3 is 2.95 bits per heavy atom. The zero-order valence-corrected chi connectivity index (χ0v) is 11.6. The first-order valence-electron chi connectivity index (χ1n) is 7.37. The summed E-state index contributed by atoms with van der Waals surface area (Å²) in [6.45, 7) is 4.62. The molecule has 0 spiro atoms. The Labute approximate surface area is 118 Å². The number of fused-ring (bicyclic) bond motifs is 1. The van der Waals surface area contributed by atoms with Crippen molar-refractivity contribution >= 4 is 11.9 Å². The van der Waals surface area contributed by atoms with E-state index in [1.165, 1.54) is 0 Å². The van der Waals surface area contributed by atoms with Crippen LogP contribution in [0.5, 0.6) is 0 Å². The van der Waals surface area contributed by atoms with E-state index in [4.69, 9.17) is 4.74 Å². The van der Waals surface area contributed by atoms with Gasteiger partial charge in [0.25, 0.3) is 0 Å². The average molecular weight is 282 g/mol. The Kier molecular flexibility index (Phi) is 4.07. The molecule has 0 aromatic carbocycles. The Bertz CT molecular complexity index is 384. The molecule has 3 heterocycles. The lowest BCUT2D eigenvalue weighted by atomic mass is 10.1. The molecule has 112 valence electrons. The number of urea groups is 1. The van der Waals surface area contributed by atoms with E-state index in [0.717, 1.165) is 32.5 Å². The zero-order valence-electron chi connectivity index (χ0n) is 11.6. The van der Waals surface area contributed by atoms with Gasteiger partial charge in [-0.25, -0.2) is 4.79 Å². The second-order valence-electron chi connectivity index (χ2n) is 5.67. The summed E-state index contributed by atoms with van der Waals surface area (Å²) in [4.78, 5) is 27.8. The quantitative estimate of drug-likeness (QED) is 0.696. The van der Waals surface area contributed by atoms with E-state index in [1.807, 2.05) is 4.90 Å². The zero-order chi connectivity index (χ0) is 13.9. The summed E-state index contributed by atoms with van der Waals surface area (Å²) < 4.78 is 5.27. The maximum atomic E-state index is 12.2. The molecule has 0 aliphatic carbocycles. The number of piperazine rings is 1. The third kappa shape index (κ3) is 2.88. The van der Waals surface area contributed by atoms with Gasteiger partial charge < -0.3 is 25.2 Å². The number of nitrogens with zero attached hydrogens (tertiary/aromatic N) is 2. The van der Waals surface area contributed by atoms with Crippen LogP contribution < -0.4 is 10.6 Å². The molecule has 0 saturated carbocycles. The van der Waals surface area contributed by atoms with Crippen molar-refractivity contribution in [3.63, 3.8) is 0 Å². The highest BCUT2D eigenvalue weighted by atomic mass is 16.5. The van der Waals surface area contributed by atoms with Crippen LogP contribution in [-0.2, 0) is 9.53 Å². The van der Waals surface area contributed by atoms with Crippen LogP contribution in [0.2, 0.25) is 0 Å². The van der Waals surface area contributed by atoms with E-state index in [-0.39, 0.29) is 30.6 Å². The predicted molar refractivity (Wildman–Crippen MR) is 72.3 cm³/mol. The molecule has 0 aromatic heterocycles. The average Bonchev–Trinajstić information content (AvgIpc) is 2.77. The van der Waals surface area contributed by atoms with E-state index in [2.05, 4.69) is 10.6 Å². The summed E-state index contributed by atoms with van der Waals surface area (Å²) in [6.07, 6.45) is 1.72. The lowest BCUT2D eigenvalue weighted by molar-refractivity contribution is -0.122. The van der Waals surface area contributed by atoms with Crippen molar-refractivity contribution in [2.75, 3.05) is 45.9 Å². The van der Waals surface area contributed by atoms with Gasteiger partial charge in [0, 0.05) is 45.4 Å². The maximum Gasteiger partial charge on any atom is 0.320 e. The van der Waals surface area contributed by atoms with Gasteiger partial charge in [0.05, 0.1) is 6.04 Å². The van der Waals surface area contributed by atoms with E-state index in [9.17, 15) is 9.59 Å². The van der Waals surface area contributed by atoms with Crippen LogP contribution in [0.25, 0.3) is 0 Å². The minimum Gasteiger partial charge on any atom is -0.381 e.